The molecule has 5 heteroatoms. The van der Waals surface area contributed by atoms with E-state index in [9.17, 15) is 9.59 Å². The first-order chi connectivity index (χ1) is 11.6. The van der Waals surface area contributed by atoms with Crippen LogP contribution < -0.4 is 0 Å². The molecule has 1 atom stereocenters. The van der Waals surface area contributed by atoms with Gasteiger partial charge in [-0.25, -0.2) is 0 Å². The zero-order chi connectivity index (χ0) is 16.9. The summed E-state index contributed by atoms with van der Waals surface area (Å²) in [4.78, 5) is 32.6. The average molecular weight is 329 g/mol. The van der Waals surface area contributed by atoms with Crippen LogP contribution in [0.2, 0.25) is 0 Å². The van der Waals surface area contributed by atoms with Gasteiger partial charge in [0.1, 0.15) is 0 Å². The Morgan fingerprint density at radius 3 is 2.58 bits per heavy atom. The number of carbonyl (C=O) groups is 2. The van der Waals surface area contributed by atoms with Crippen molar-refractivity contribution in [3.8, 4) is 0 Å². The third kappa shape index (κ3) is 4.13. The summed E-state index contributed by atoms with van der Waals surface area (Å²) in [7, 11) is 0. The van der Waals surface area contributed by atoms with Crippen LogP contribution >= 0.6 is 0 Å². The van der Waals surface area contributed by atoms with Crippen molar-refractivity contribution >= 4 is 11.8 Å². The van der Waals surface area contributed by atoms with Gasteiger partial charge in [-0.2, -0.15) is 0 Å². The second-order valence-corrected chi connectivity index (χ2v) is 7.10. The molecule has 0 bridgehead atoms. The summed E-state index contributed by atoms with van der Waals surface area (Å²) < 4.78 is 0. The summed E-state index contributed by atoms with van der Waals surface area (Å²) in [5.41, 5.74) is 1.12. The maximum absolute atomic E-state index is 12.8. The SMILES string of the molecule is CC(=O)N1CCC(C(=O)N2CCCC(Cc3ccccn3)C2)CC1. The van der Waals surface area contributed by atoms with Gasteiger partial charge in [0.15, 0.2) is 0 Å². The molecule has 0 aliphatic carbocycles. The maximum atomic E-state index is 12.8. The lowest BCUT2D eigenvalue weighted by Crippen LogP contribution is -2.47. The topological polar surface area (TPSA) is 53.5 Å². The van der Waals surface area contributed by atoms with Crippen LogP contribution in [0.4, 0.5) is 0 Å². The molecule has 2 aliphatic heterocycles. The first kappa shape index (κ1) is 16.9. The number of hydrogen-bond donors (Lipinski definition) is 0. The van der Waals surface area contributed by atoms with E-state index in [1.54, 1.807) is 6.92 Å². The Balaban J connectivity index is 1.53. The highest BCUT2D eigenvalue weighted by atomic mass is 16.2. The Morgan fingerprint density at radius 1 is 1.12 bits per heavy atom. The lowest BCUT2D eigenvalue weighted by Gasteiger charge is -2.37. The van der Waals surface area contributed by atoms with Gasteiger partial charge in [-0.05, 0) is 50.2 Å². The molecular formula is C19H27N3O2. The number of hydrogen-bond acceptors (Lipinski definition) is 3. The van der Waals surface area contributed by atoms with Crippen LogP contribution in [-0.4, -0.2) is 52.8 Å². The molecular weight excluding hydrogens is 302 g/mol. The minimum atomic E-state index is 0.0919. The molecule has 3 rings (SSSR count). The summed E-state index contributed by atoms with van der Waals surface area (Å²) in [5, 5.41) is 0. The second-order valence-electron chi connectivity index (χ2n) is 7.10. The van der Waals surface area contributed by atoms with Crippen molar-refractivity contribution in [2.24, 2.45) is 11.8 Å². The molecule has 1 unspecified atom stereocenters. The molecule has 2 aliphatic rings. The third-order valence-electron chi connectivity index (χ3n) is 5.34. The van der Waals surface area contributed by atoms with Crippen LogP contribution in [0.5, 0.6) is 0 Å². The van der Waals surface area contributed by atoms with Gasteiger partial charge in [-0.1, -0.05) is 6.07 Å². The minimum Gasteiger partial charge on any atom is -0.343 e. The van der Waals surface area contributed by atoms with E-state index in [2.05, 4.69) is 16.0 Å². The van der Waals surface area contributed by atoms with Crippen molar-refractivity contribution in [1.29, 1.82) is 0 Å². The van der Waals surface area contributed by atoms with E-state index in [-0.39, 0.29) is 11.8 Å². The van der Waals surface area contributed by atoms with Crippen LogP contribution in [0.25, 0.3) is 0 Å². The van der Waals surface area contributed by atoms with E-state index in [1.807, 2.05) is 23.2 Å². The molecule has 1 aromatic heterocycles. The van der Waals surface area contributed by atoms with E-state index in [0.29, 0.717) is 11.8 Å². The molecule has 3 heterocycles. The van der Waals surface area contributed by atoms with Gasteiger partial charge in [0, 0.05) is 50.9 Å². The number of pyridine rings is 1. The molecule has 0 spiro atoms. The molecule has 0 radical (unpaired) electrons. The van der Waals surface area contributed by atoms with Crippen LogP contribution in [0.15, 0.2) is 24.4 Å². The van der Waals surface area contributed by atoms with Crippen LogP contribution in [-0.2, 0) is 16.0 Å². The molecule has 24 heavy (non-hydrogen) atoms. The number of likely N-dealkylation sites (tertiary alicyclic amines) is 2. The summed E-state index contributed by atoms with van der Waals surface area (Å²) in [6.07, 6.45) is 6.65. The Morgan fingerprint density at radius 2 is 1.92 bits per heavy atom. The molecule has 0 saturated carbocycles. The Kier molecular flexibility index (Phi) is 5.48. The predicted molar refractivity (Wildman–Crippen MR) is 92.2 cm³/mol. The van der Waals surface area contributed by atoms with Crippen molar-refractivity contribution in [2.45, 2.75) is 39.0 Å². The third-order valence-corrected chi connectivity index (χ3v) is 5.34. The molecule has 2 fully saturated rings. The standard InChI is InChI=1S/C19H27N3O2/c1-15(23)21-11-7-17(8-12-21)19(24)22-10-4-5-16(14-22)13-18-6-2-3-9-20-18/h2-3,6,9,16-17H,4-5,7-8,10-14H2,1H3. The van der Waals surface area contributed by atoms with Gasteiger partial charge >= 0.3 is 0 Å². The number of amides is 2. The Labute approximate surface area is 144 Å². The predicted octanol–water partition coefficient (Wildman–Crippen LogP) is 2.12. The van der Waals surface area contributed by atoms with Crippen molar-refractivity contribution < 1.29 is 9.59 Å². The van der Waals surface area contributed by atoms with E-state index in [1.165, 1.54) is 6.42 Å². The molecule has 0 aromatic carbocycles. The fourth-order valence-electron chi connectivity index (χ4n) is 3.95. The molecule has 2 saturated heterocycles. The summed E-state index contributed by atoms with van der Waals surface area (Å²) in [6.45, 7) is 4.77. The fraction of sp³-hybridized carbons (Fsp3) is 0.632. The smallest absolute Gasteiger partial charge is 0.225 e. The lowest BCUT2D eigenvalue weighted by atomic mass is 9.90. The zero-order valence-corrected chi connectivity index (χ0v) is 14.5. The Hall–Kier alpha value is -1.91. The number of nitrogens with zero attached hydrogens (tertiary/aromatic N) is 3. The summed E-state index contributed by atoms with van der Waals surface area (Å²) in [6, 6.07) is 6.03. The fourth-order valence-corrected chi connectivity index (χ4v) is 3.95. The summed E-state index contributed by atoms with van der Waals surface area (Å²) >= 11 is 0. The van der Waals surface area contributed by atoms with E-state index in [0.717, 1.165) is 57.6 Å². The monoisotopic (exact) mass is 329 g/mol. The van der Waals surface area contributed by atoms with Gasteiger partial charge in [-0.15, -0.1) is 0 Å². The van der Waals surface area contributed by atoms with Crippen molar-refractivity contribution in [3.63, 3.8) is 0 Å². The molecule has 2 amide bonds. The number of piperidine rings is 2. The highest BCUT2D eigenvalue weighted by Crippen LogP contribution is 2.25. The van der Waals surface area contributed by atoms with Crippen LogP contribution in [0.3, 0.4) is 0 Å². The first-order valence-electron chi connectivity index (χ1n) is 9.07. The van der Waals surface area contributed by atoms with Crippen molar-refractivity contribution in [2.75, 3.05) is 26.2 Å². The van der Waals surface area contributed by atoms with E-state index >= 15 is 0 Å². The largest absolute Gasteiger partial charge is 0.343 e. The zero-order valence-electron chi connectivity index (χ0n) is 14.5. The maximum Gasteiger partial charge on any atom is 0.225 e. The van der Waals surface area contributed by atoms with Crippen LogP contribution in [0, 0.1) is 11.8 Å². The van der Waals surface area contributed by atoms with Gasteiger partial charge < -0.3 is 9.80 Å². The quantitative estimate of drug-likeness (QED) is 0.853. The average Bonchev–Trinajstić information content (AvgIpc) is 2.62. The summed E-state index contributed by atoms with van der Waals surface area (Å²) in [5.74, 6) is 1.02. The Bertz CT molecular complexity index is 567. The van der Waals surface area contributed by atoms with E-state index < -0.39 is 0 Å². The highest BCUT2D eigenvalue weighted by molar-refractivity contribution is 5.79. The molecule has 0 N–H and O–H groups in total. The van der Waals surface area contributed by atoms with Gasteiger partial charge in [0.05, 0.1) is 0 Å². The van der Waals surface area contributed by atoms with Gasteiger partial charge in [-0.3, -0.25) is 14.6 Å². The molecule has 130 valence electrons. The van der Waals surface area contributed by atoms with Crippen LogP contribution in [0.1, 0.15) is 38.3 Å². The number of carbonyl (C=O) groups excluding carboxylic acids is 2. The lowest BCUT2D eigenvalue weighted by molar-refractivity contribution is -0.141. The van der Waals surface area contributed by atoms with Crippen molar-refractivity contribution in [1.82, 2.24) is 14.8 Å². The molecule has 5 nitrogen and oxygen atoms in total. The number of aromatic nitrogens is 1. The second kappa shape index (κ2) is 7.77. The minimum absolute atomic E-state index is 0.0919. The number of rotatable bonds is 3. The highest BCUT2D eigenvalue weighted by Gasteiger charge is 2.31. The van der Waals surface area contributed by atoms with E-state index in [4.69, 9.17) is 0 Å². The van der Waals surface area contributed by atoms with Gasteiger partial charge in [0.2, 0.25) is 11.8 Å². The normalized spacial score (nSPS) is 22.5. The van der Waals surface area contributed by atoms with Gasteiger partial charge in [0.25, 0.3) is 0 Å². The van der Waals surface area contributed by atoms with Crippen molar-refractivity contribution in [3.05, 3.63) is 30.1 Å². The molecule has 1 aromatic rings. The first-order valence-corrected chi connectivity index (χ1v) is 9.07.